The molecule has 0 unspecified atom stereocenters. The average Bonchev–Trinajstić information content (AvgIpc) is 2.70. The van der Waals surface area contributed by atoms with Crippen molar-refractivity contribution in [2.75, 3.05) is 13.1 Å². The van der Waals surface area contributed by atoms with Crippen LogP contribution in [-0.4, -0.2) is 29.9 Å². The van der Waals surface area contributed by atoms with E-state index in [0.717, 1.165) is 11.1 Å². The van der Waals surface area contributed by atoms with Gasteiger partial charge in [0.1, 0.15) is 11.6 Å². The Morgan fingerprint density at radius 3 is 2.34 bits per heavy atom. The lowest BCUT2D eigenvalue weighted by Crippen LogP contribution is -2.41. The second kappa shape index (κ2) is 8.95. The van der Waals surface area contributed by atoms with Gasteiger partial charge in [-0.1, -0.05) is 25.4 Å². The predicted octanol–water partition coefficient (Wildman–Crippen LogP) is 5.37. The van der Waals surface area contributed by atoms with Gasteiger partial charge in [0.15, 0.2) is 0 Å². The number of likely N-dealkylation sites (tertiary alicyclic amines) is 1. The van der Waals surface area contributed by atoms with Crippen LogP contribution in [0.25, 0.3) is 0 Å². The highest BCUT2D eigenvalue weighted by Gasteiger charge is 2.29. The van der Waals surface area contributed by atoms with E-state index in [1.54, 1.807) is 4.90 Å². The molecule has 6 heteroatoms. The molecule has 1 fully saturated rings. The number of nitrogens with zero attached hydrogens (tertiary/aromatic N) is 1. The molecular formula is C23H25ClFNO3. The minimum absolute atomic E-state index is 0.146. The normalized spacial score (nSPS) is 14.9. The van der Waals surface area contributed by atoms with E-state index in [2.05, 4.69) is 0 Å². The van der Waals surface area contributed by atoms with E-state index in [1.165, 1.54) is 24.3 Å². The summed E-state index contributed by atoms with van der Waals surface area (Å²) in [4.78, 5) is 27.0. The summed E-state index contributed by atoms with van der Waals surface area (Å²) < 4.78 is 18.8. The first-order valence-electron chi connectivity index (χ1n) is 9.83. The zero-order valence-corrected chi connectivity index (χ0v) is 17.6. The Labute approximate surface area is 175 Å². The van der Waals surface area contributed by atoms with Crippen molar-refractivity contribution in [2.45, 2.75) is 39.5 Å². The molecule has 3 rings (SSSR count). The van der Waals surface area contributed by atoms with Gasteiger partial charge in [-0.3, -0.25) is 9.59 Å². The summed E-state index contributed by atoms with van der Waals surface area (Å²) in [6, 6.07) is 9.18. The first-order chi connectivity index (χ1) is 13.8. The van der Waals surface area contributed by atoms with Crippen LogP contribution in [0.3, 0.4) is 0 Å². The molecule has 0 N–H and O–H groups in total. The maximum absolute atomic E-state index is 13.1. The molecule has 1 amide bonds. The van der Waals surface area contributed by atoms with E-state index >= 15 is 0 Å². The van der Waals surface area contributed by atoms with Gasteiger partial charge in [-0.25, -0.2) is 4.39 Å². The van der Waals surface area contributed by atoms with Crippen LogP contribution in [0.1, 0.15) is 54.1 Å². The van der Waals surface area contributed by atoms with Crippen LogP contribution in [0.2, 0.25) is 5.02 Å². The second-order valence-corrected chi connectivity index (χ2v) is 8.20. The molecule has 1 aliphatic rings. The van der Waals surface area contributed by atoms with E-state index in [9.17, 15) is 14.0 Å². The maximum Gasteiger partial charge on any atom is 0.314 e. The van der Waals surface area contributed by atoms with Crippen LogP contribution < -0.4 is 4.74 Å². The summed E-state index contributed by atoms with van der Waals surface area (Å²) in [5, 5.41) is 0.654. The molecule has 2 aromatic rings. The lowest BCUT2D eigenvalue weighted by Gasteiger charge is -2.31. The summed E-state index contributed by atoms with van der Waals surface area (Å²) in [5.74, 6) is -0.331. The molecule has 0 atom stereocenters. The number of piperidine rings is 1. The SMILES string of the molecule is Cc1cc(OC(=O)C2CCN(C(=O)c3ccc(F)cc3)CC2)c(C(C)C)cc1Cl. The first kappa shape index (κ1) is 21.3. The fourth-order valence-electron chi connectivity index (χ4n) is 3.50. The number of carbonyl (C=O) groups excluding carboxylic acids is 2. The molecular weight excluding hydrogens is 393 g/mol. The van der Waals surface area contributed by atoms with Crippen LogP contribution in [0.15, 0.2) is 36.4 Å². The van der Waals surface area contributed by atoms with Crippen molar-refractivity contribution in [3.05, 3.63) is 63.9 Å². The third kappa shape index (κ3) is 4.96. The van der Waals surface area contributed by atoms with Crippen molar-refractivity contribution < 1.29 is 18.7 Å². The Bertz CT molecular complexity index is 903. The molecule has 1 saturated heterocycles. The molecule has 29 heavy (non-hydrogen) atoms. The maximum atomic E-state index is 13.1. The Morgan fingerprint density at radius 2 is 1.76 bits per heavy atom. The first-order valence-corrected chi connectivity index (χ1v) is 10.2. The molecule has 0 aliphatic carbocycles. The molecule has 154 valence electrons. The highest BCUT2D eigenvalue weighted by Crippen LogP contribution is 2.33. The summed E-state index contributed by atoms with van der Waals surface area (Å²) in [6.07, 6.45) is 1.07. The fraction of sp³-hybridized carbons (Fsp3) is 0.391. The standard InChI is InChI=1S/C23H25ClFNO3/c1-14(2)19-13-20(24)15(3)12-21(19)29-23(28)17-8-10-26(11-9-17)22(27)16-4-6-18(25)7-5-16/h4-7,12-14,17H,8-11H2,1-3H3. The van der Waals surface area contributed by atoms with Gasteiger partial charge in [0, 0.05) is 23.7 Å². The van der Waals surface area contributed by atoms with Crippen molar-refractivity contribution in [2.24, 2.45) is 5.92 Å². The third-order valence-corrected chi connectivity index (χ3v) is 5.74. The van der Waals surface area contributed by atoms with Gasteiger partial charge < -0.3 is 9.64 Å². The zero-order valence-electron chi connectivity index (χ0n) is 16.9. The molecule has 0 bridgehead atoms. The number of ether oxygens (including phenoxy) is 1. The highest BCUT2D eigenvalue weighted by atomic mass is 35.5. The minimum atomic E-state index is -0.374. The Kier molecular flexibility index (Phi) is 6.58. The molecule has 2 aromatic carbocycles. The molecule has 1 heterocycles. The van der Waals surface area contributed by atoms with Crippen LogP contribution >= 0.6 is 11.6 Å². The van der Waals surface area contributed by atoms with Gasteiger partial charge in [-0.05, 0) is 73.2 Å². The summed E-state index contributed by atoms with van der Waals surface area (Å²) in [7, 11) is 0. The van der Waals surface area contributed by atoms with Gasteiger partial charge in [-0.15, -0.1) is 0 Å². The summed E-state index contributed by atoms with van der Waals surface area (Å²) in [6.45, 7) is 6.86. The Balaban J connectivity index is 1.63. The lowest BCUT2D eigenvalue weighted by molar-refractivity contribution is -0.140. The zero-order chi connectivity index (χ0) is 21.1. The number of hydrogen-bond acceptors (Lipinski definition) is 3. The Morgan fingerprint density at radius 1 is 1.14 bits per heavy atom. The molecule has 0 spiro atoms. The molecule has 1 aliphatic heterocycles. The fourth-order valence-corrected chi connectivity index (χ4v) is 3.67. The van der Waals surface area contributed by atoms with E-state index in [4.69, 9.17) is 16.3 Å². The van der Waals surface area contributed by atoms with Crippen molar-refractivity contribution in [1.82, 2.24) is 4.90 Å². The molecule has 4 nitrogen and oxygen atoms in total. The molecule has 0 radical (unpaired) electrons. The Hall–Kier alpha value is -2.40. The largest absolute Gasteiger partial charge is 0.426 e. The topological polar surface area (TPSA) is 46.6 Å². The number of carbonyl (C=O) groups is 2. The quantitative estimate of drug-likeness (QED) is 0.496. The number of rotatable bonds is 4. The van der Waals surface area contributed by atoms with Crippen LogP contribution in [0.4, 0.5) is 4.39 Å². The monoisotopic (exact) mass is 417 g/mol. The third-order valence-electron chi connectivity index (χ3n) is 5.33. The minimum Gasteiger partial charge on any atom is -0.426 e. The van der Waals surface area contributed by atoms with Crippen molar-refractivity contribution in [1.29, 1.82) is 0 Å². The van der Waals surface area contributed by atoms with Crippen molar-refractivity contribution >= 4 is 23.5 Å². The van der Waals surface area contributed by atoms with Gasteiger partial charge >= 0.3 is 5.97 Å². The van der Waals surface area contributed by atoms with E-state index in [0.29, 0.717) is 42.3 Å². The van der Waals surface area contributed by atoms with Gasteiger partial charge in [0.2, 0.25) is 0 Å². The summed E-state index contributed by atoms with van der Waals surface area (Å²) in [5.41, 5.74) is 2.21. The predicted molar refractivity (Wildman–Crippen MR) is 111 cm³/mol. The van der Waals surface area contributed by atoms with E-state index < -0.39 is 0 Å². The van der Waals surface area contributed by atoms with E-state index in [-0.39, 0.29) is 29.5 Å². The number of esters is 1. The number of halogens is 2. The molecule has 0 aromatic heterocycles. The number of benzene rings is 2. The van der Waals surface area contributed by atoms with Gasteiger partial charge in [0.25, 0.3) is 5.91 Å². The molecule has 0 saturated carbocycles. The lowest BCUT2D eigenvalue weighted by atomic mass is 9.96. The van der Waals surface area contributed by atoms with Crippen molar-refractivity contribution in [3.63, 3.8) is 0 Å². The smallest absolute Gasteiger partial charge is 0.314 e. The number of amides is 1. The van der Waals surface area contributed by atoms with Crippen LogP contribution in [-0.2, 0) is 4.79 Å². The van der Waals surface area contributed by atoms with Crippen LogP contribution in [0.5, 0.6) is 5.75 Å². The average molecular weight is 418 g/mol. The summed E-state index contributed by atoms with van der Waals surface area (Å²) >= 11 is 6.22. The van der Waals surface area contributed by atoms with E-state index in [1.807, 2.05) is 32.9 Å². The van der Waals surface area contributed by atoms with Gasteiger partial charge in [0.05, 0.1) is 5.92 Å². The van der Waals surface area contributed by atoms with Crippen molar-refractivity contribution in [3.8, 4) is 5.75 Å². The number of hydrogen-bond donors (Lipinski definition) is 0. The van der Waals surface area contributed by atoms with Gasteiger partial charge in [-0.2, -0.15) is 0 Å². The highest BCUT2D eigenvalue weighted by molar-refractivity contribution is 6.31. The second-order valence-electron chi connectivity index (χ2n) is 7.79. The van der Waals surface area contributed by atoms with Crippen LogP contribution in [0, 0.1) is 18.7 Å². The number of aryl methyl sites for hydroxylation is 1.